The Morgan fingerprint density at radius 2 is 2.11 bits per heavy atom. The Labute approximate surface area is 113 Å². The number of hydrogen-bond donors (Lipinski definition) is 1. The van der Waals surface area contributed by atoms with Crippen molar-refractivity contribution in [1.82, 2.24) is 9.55 Å². The Morgan fingerprint density at radius 1 is 1.32 bits per heavy atom. The van der Waals surface area contributed by atoms with E-state index in [-0.39, 0.29) is 0 Å². The van der Waals surface area contributed by atoms with Crippen molar-refractivity contribution >= 4 is 0 Å². The summed E-state index contributed by atoms with van der Waals surface area (Å²) in [5.74, 6) is 0.737. The minimum Gasteiger partial charge on any atom is -0.487 e. The molecule has 2 rings (SSSR count). The molecule has 0 aliphatic rings. The van der Waals surface area contributed by atoms with E-state index in [4.69, 9.17) is 4.74 Å². The lowest BCUT2D eigenvalue weighted by Gasteiger charge is -2.15. The minimum absolute atomic E-state index is 0.460. The molecular formula is C15H20N2O2. The van der Waals surface area contributed by atoms with Gasteiger partial charge in [-0.25, -0.2) is 4.98 Å². The van der Waals surface area contributed by atoms with E-state index in [1.165, 1.54) is 0 Å². The highest BCUT2D eigenvalue weighted by Crippen LogP contribution is 2.27. The summed E-state index contributed by atoms with van der Waals surface area (Å²) >= 11 is 0. The Bertz CT molecular complexity index is 522. The molecule has 0 aliphatic heterocycles. The van der Waals surface area contributed by atoms with Gasteiger partial charge in [0.2, 0.25) is 0 Å². The van der Waals surface area contributed by atoms with Gasteiger partial charge in [0.05, 0.1) is 24.3 Å². The number of aryl methyl sites for hydroxylation is 1. The lowest BCUT2D eigenvalue weighted by molar-refractivity contribution is 0.166. The molecule has 2 aromatic rings. The summed E-state index contributed by atoms with van der Waals surface area (Å²) in [7, 11) is 0. The average Bonchev–Trinajstić information content (AvgIpc) is 2.92. The van der Waals surface area contributed by atoms with Gasteiger partial charge in [0.15, 0.2) is 0 Å². The van der Waals surface area contributed by atoms with Gasteiger partial charge in [-0.1, -0.05) is 25.1 Å². The molecule has 0 saturated heterocycles. The molecule has 102 valence electrons. The topological polar surface area (TPSA) is 47.3 Å². The Balaban J connectivity index is 2.11. The van der Waals surface area contributed by atoms with Crippen LogP contribution < -0.4 is 4.74 Å². The van der Waals surface area contributed by atoms with Gasteiger partial charge in [-0.05, 0) is 19.4 Å². The summed E-state index contributed by atoms with van der Waals surface area (Å²) in [6.07, 6.45) is 3.80. The molecule has 0 spiro atoms. The highest BCUT2D eigenvalue weighted by molar-refractivity contribution is 5.35. The molecule has 1 N–H and O–H groups in total. The summed E-state index contributed by atoms with van der Waals surface area (Å²) in [4.78, 5) is 4.11. The molecule has 0 unspecified atom stereocenters. The minimum atomic E-state index is -0.479. The van der Waals surface area contributed by atoms with Gasteiger partial charge >= 0.3 is 0 Å². The first-order chi connectivity index (χ1) is 9.26. The van der Waals surface area contributed by atoms with E-state index in [1.807, 2.05) is 42.0 Å². The first-order valence-electron chi connectivity index (χ1n) is 6.65. The van der Waals surface area contributed by atoms with E-state index in [2.05, 4.69) is 11.9 Å². The van der Waals surface area contributed by atoms with Gasteiger partial charge in [0, 0.05) is 12.1 Å². The number of aliphatic hydroxyl groups excluding tert-OH is 1. The standard InChI is InChI=1S/C15H20N2O2/c1-3-14(18)13-7-5-6-8-15(13)19-10-12-9-16-11-17(12)4-2/h5-9,11,14,18H,3-4,10H2,1-2H3/t14-/m0/s1. The van der Waals surface area contributed by atoms with E-state index < -0.39 is 6.10 Å². The molecular weight excluding hydrogens is 240 g/mol. The second-order valence-electron chi connectivity index (χ2n) is 4.42. The van der Waals surface area contributed by atoms with Crippen LogP contribution in [0.5, 0.6) is 5.75 Å². The van der Waals surface area contributed by atoms with Crippen LogP contribution in [0.25, 0.3) is 0 Å². The highest BCUT2D eigenvalue weighted by Gasteiger charge is 2.11. The molecule has 0 bridgehead atoms. The van der Waals surface area contributed by atoms with Gasteiger partial charge in [-0.15, -0.1) is 0 Å². The van der Waals surface area contributed by atoms with Gasteiger partial charge < -0.3 is 14.4 Å². The number of imidazole rings is 1. The molecule has 0 saturated carbocycles. The maximum atomic E-state index is 9.97. The fourth-order valence-corrected chi connectivity index (χ4v) is 2.01. The zero-order valence-corrected chi connectivity index (χ0v) is 11.4. The first kappa shape index (κ1) is 13.6. The second kappa shape index (κ2) is 6.38. The van der Waals surface area contributed by atoms with Crippen LogP contribution in [0.15, 0.2) is 36.8 Å². The van der Waals surface area contributed by atoms with Crippen LogP contribution in [0.2, 0.25) is 0 Å². The van der Waals surface area contributed by atoms with Crippen LogP contribution in [-0.4, -0.2) is 14.7 Å². The summed E-state index contributed by atoms with van der Waals surface area (Å²) in [6, 6.07) is 7.62. The zero-order chi connectivity index (χ0) is 13.7. The predicted octanol–water partition coefficient (Wildman–Crippen LogP) is 2.93. The third-order valence-corrected chi connectivity index (χ3v) is 3.18. The molecule has 0 radical (unpaired) electrons. The smallest absolute Gasteiger partial charge is 0.130 e. The van der Waals surface area contributed by atoms with Crippen LogP contribution >= 0.6 is 0 Å². The molecule has 0 amide bonds. The number of nitrogens with zero attached hydrogens (tertiary/aromatic N) is 2. The third-order valence-electron chi connectivity index (χ3n) is 3.18. The fourth-order valence-electron chi connectivity index (χ4n) is 2.01. The van der Waals surface area contributed by atoms with E-state index in [0.717, 1.165) is 23.6 Å². The van der Waals surface area contributed by atoms with E-state index in [0.29, 0.717) is 13.0 Å². The summed E-state index contributed by atoms with van der Waals surface area (Å²) in [5.41, 5.74) is 1.87. The normalized spacial score (nSPS) is 12.4. The maximum absolute atomic E-state index is 9.97. The van der Waals surface area contributed by atoms with Gasteiger partial charge in [0.1, 0.15) is 12.4 Å². The Kier molecular flexibility index (Phi) is 4.58. The number of aliphatic hydroxyl groups is 1. The SMILES string of the molecule is CC[C@H](O)c1ccccc1OCc1cncn1CC. The van der Waals surface area contributed by atoms with E-state index in [1.54, 1.807) is 6.33 Å². The Hall–Kier alpha value is -1.81. The van der Waals surface area contributed by atoms with Crippen LogP contribution in [-0.2, 0) is 13.2 Å². The Morgan fingerprint density at radius 3 is 2.84 bits per heavy atom. The second-order valence-corrected chi connectivity index (χ2v) is 4.42. The molecule has 0 fully saturated rings. The lowest BCUT2D eigenvalue weighted by atomic mass is 10.1. The molecule has 19 heavy (non-hydrogen) atoms. The number of benzene rings is 1. The number of ether oxygens (including phenoxy) is 1. The fraction of sp³-hybridized carbons (Fsp3) is 0.400. The molecule has 4 nitrogen and oxygen atoms in total. The number of hydrogen-bond acceptors (Lipinski definition) is 3. The molecule has 1 atom stereocenters. The summed E-state index contributed by atoms with van der Waals surface area (Å²) < 4.78 is 7.87. The van der Waals surface area contributed by atoms with Crippen molar-refractivity contribution in [3.63, 3.8) is 0 Å². The van der Waals surface area contributed by atoms with Crippen molar-refractivity contribution in [3.05, 3.63) is 48.0 Å². The molecule has 1 heterocycles. The third kappa shape index (κ3) is 3.15. The average molecular weight is 260 g/mol. The summed E-state index contributed by atoms with van der Waals surface area (Å²) in [6.45, 7) is 5.35. The first-order valence-corrected chi connectivity index (χ1v) is 6.65. The maximum Gasteiger partial charge on any atom is 0.130 e. The zero-order valence-electron chi connectivity index (χ0n) is 11.4. The molecule has 1 aromatic heterocycles. The van der Waals surface area contributed by atoms with Crippen molar-refractivity contribution in [2.24, 2.45) is 0 Å². The van der Waals surface area contributed by atoms with Gasteiger partial charge in [-0.2, -0.15) is 0 Å². The van der Waals surface area contributed by atoms with Crippen molar-refractivity contribution in [2.75, 3.05) is 0 Å². The van der Waals surface area contributed by atoms with Crippen LogP contribution in [0.3, 0.4) is 0 Å². The highest BCUT2D eigenvalue weighted by atomic mass is 16.5. The van der Waals surface area contributed by atoms with Crippen molar-refractivity contribution < 1.29 is 9.84 Å². The largest absolute Gasteiger partial charge is 0.487 e. The number of para-hydroxylation sites is 1. The van der Waals surface area contributed by atoms with Crippen LogP contribution in [0, 0.1) is 0 Å². The monoisotopic (exact) mass is 260 g/mol. The van der Waals surface area contributed by atoms with E-state index in [9.17, 15) is 5.11 Å². The van der Waals surface area contributed by atoms with Crippen molar-refractivity contribution in [2.45, 2.75) is 39.5 Å². The lowest BCUT2D eigenvalue weighted by Crippen LogP contribution is -2.06. The summed E-state index contributed by atoms with van der Waals surface area (Å²) in [5, 5.41) is 9.97. The van der Waals surface area contributed by atoms with E-state index >= 15 is 0 Å². The van der Waals surface area contributed by atoms with Gasteiger partial charge in [0.25, 0.3) is 0 Å². The quantitative estimate of drug-likeness (QED) is 0.868. The van der Waals surface area contributed by atoms with Crippen LogP contribution in [0.1, 0.15) is 37.6 Å². The molecule has 0 aliphatic carbocycles. The molecule has 4 heteroatoms. The van der Waals surface area contributed by atoms with Crippen molar-refractivity contribution in [1.29, 1.82) is 0 Å². The molecule has 1 aromatic carbocycles. The number of aromatic nitrogens is 2. The van der Waals surface area contributed by atoms with Gasteiger partial charge in [-0.3, -0.25) is 0 Å². The van der Waals surface area contributed by atoms with Crippen molar-refractivity contribution in [3.8, 4) is 5.75 Å². The number of rotatable bonds is 6. The van der Waals surface area contributed by atoms with Crippen LogP contribution in [0.4, 0.5) is 0 Å². The predicted molar refractivity (Wildman–Crippen MR) is 73.9 cm³/mol.